The van der Waals surface area contributed by atoms with Crippen molar-refractivity contribution in [2.75, 3.05) is 31.2 Å². The van der Waals surface area contributed by atoms with Crippen molar-refractivity contribution < 1.29 is 13.9 Å². The first kappa shape index (κ1) is 20.9. The van der Waals surface area contributed by atoms with Gasteiger partial charge in [-0.2, -0.15) is 0 Å². The normalized spacial score (nSPS) is 14.6. The Bertz CT molecular complexity index is 1080. The molecule has 0 unspecified atom stereocenters. The van der Waals surface area contributed by atoms with Crippen LogP contribution in [0.4, 0.5) is 10.2 Å². The van der Waals surface area contributed by atoms with Gasteiger partial charge in [0.05, 0.1) is 22.5 Å². The van der Waals surface area contributed by atoms with Crippen LogP contribution in [-0.4, -0.2) is 44.7 Å². The molecule has 1 saturated heterocycles. The third-order valence-corrected chi connectivity index (χ3v) is 6.51. The first-order valence-corrected chi connectivity index (χ1v) is 11.4. The third-order valence-electron chi connectivity index (χ3n) is 5.20. The van der Waals surface area contributed by atoms with Gasteiger partial charge in [0, 0.05) is 42.1 Å². The molecule has 0 bridgehead atoms. The number of morpholine rings is 1. The van der Waals surface area contributed by atoms with Crippen molar-refractivity contribution in [2.24, 2.45) is 0 Å². The van der Waals surface area contributed by atoms with E-state index in [0.29, 0.717) is 36.5 Å². The van der Waals surface area contributed by atoms with Crippen LogP contribution in [0.15, 0.2) is 24.3 Å². The molecular weight excluding hydrogens is 601 g/mol. The van der Waals surface area contributed by atoms with Crippen LogP contribution >= 0.6 is 45.2 Å². The number of aromatic nitrogens is 3. The molecule has 1 aromatic carbocycles. The highest BCUT2D eigenvalue weighted by Gasteiger charge is 2.23. The molecule has 6 nitrogen and oxygen atoms in total. The lowest BCUT2D eigenvalue weighted by atomic mass is 9.99. The van der Waals surface area contributed by atoms with Crippen LogP contribution in [0.2, 0.25) is 0 Å². The molecule has 2 aromatic heterocycles. The summed E-state index contributed by atoms with van der Waals surface area (Å²) in [7, 11) is 0. The van der Waals surface area contributed by atoms with Crippen molar-refractivity contribution in [1.82, 2.24) is 14.6 Å². The molecule has 0 radical (unpaired) electrons. The molecule has 1 aliphatic rings. The van der Waals surface area contributed by atoms with Gasteiger partial charge in [0.15, 0.2) is 11.5 Å². The molecule has 0 spiro atoms. The summed E-state index contributed by atoms with van der Waals surface area (Å²) in [5.74, 6) is 0.838. The maximum atomic E-state index is 13.3. The van der Waals surface area contributed by atoms with Crippen LogP contribution < -0.4 is 4.90 Å². The summed E-state index contributed by atoms with van der Waals surface area (Å²) in [5.41, 5.74) is 4.32. The first-order valence-electron chi connectivity index (χ1n) is 9.23. The number of ether oxygens (including phenoxy) is 1. The SMILES string of the molecule is Cc1c(CF)cccc1Cc1c(C(=O)I)nc2c(I)cc(N3CCOCC3)nn12. The number of nitrogens with zero attached hydrogens (tertiary/aromatic N) is 4. The quantitative estimate of drug-likeness (QED) is 0.318. The summed E-state index contributed by atoms with van der Waals surface area (Å²) < 4.78 is 21.3. The molecule has 3 aromatic rings. The Hall–Kier alpha value is -1.34. The minimum absolute atomic E-state index is 0.133. The zero-order chi connectivity index (χ0) is 20.5. The smallest absolute Gasteiger partial charge is 0.242 e. The van der Waals surface area contributed by atoms with Crippen molar-refractivity contribution in [2.45, 2.75) is 20.0 Å². The van der Waals surface area contributed by atoms with Gasteiger partial charge in [0.1, 0.15) is 12.4 Å². The monoisotopic (exact) mass is 620 g/mol. The third kappa shape index (κ3) is 4.13. The number of carbonyl (C=O) groups is 1. The lowest BCUT2D eigenvalue weighted by molar-refractivity contribution is 0.110. The highest BCUT2D eigenvalue weighted by Crippen LogP contribution is 2.26. The molecular formula is C20H19FI2N4O2. The van der Waals surface area contributed by atoms with Gasteiger partial charge in [-0.05, 0) is 52.3 Å². The molecule has 3 heterocycles. The Morgan fingerprint density at radius 1 is 1.28 bits per heavy atom. The van der Waals surface area contributed by atoms with Crippen LogP contribution in [-0.2, 0) is 17.8 Å². The molecule has 0 N–H and O–H groups in total. The number of anilines is 1. The van der Waals surface area contributed by atoms with Gasteiger partial charge in [-0.1, -0.05) is 18.2 Å². The second kappa shape index (κ2) is 8.80. The van der Waals surface area contributed by atoms with Crippen LogP contribution in [0.25, 0.3) is 5.65 Å². The highest BCUT2D eigenvalue weighted by atomic mass is 127. The van der Waals surface area contributed by atoms with E-state index >= 15 is 0 Å². The maximum Gasteiger partial charge on any atom is 0.242 e. The molecule has 0 aliphatic carbocycles. The largest absolute Gasteiger partial charge is 0.378 e. The number of fused-ring (bicyclic) bond motifs is 1. The van der Waals surface area contributed by atoms with Crippen molar-refractivity contribution in [3.05, 3.63) is 55.9 Å². The van der Waals surface area contributed by atoms with E-state index in [4.69, 9.17) is 9.84 Å². The number of hydrogen-bond donors (Lipinski definition) is 0. The Labute approximate surface area is 195 Å². The molecule has 0 atom stereocenters. The second-order valence-corrected chi connectivity index (χ2v) is 9.02. The summed E-state index contributed by atoms with van der Waals surface area (Å²) in [6.45, 7) is 4.28. The summed E-state index contributed by atoms with van der Waals surface area (Å²) in [6, 6.07) is 7.60. The molecule has 1 aliphatic heterocycles. The minimum Gasteiger partial charge on any atom is -0.378 e. The highest BCUT2D eigenvalue weighted by molar-refractivity contribution is 14.1. The predicted octanol–water partition coefficient (Wildman–Crippen LogP) is 4.11. The molecule has 29 heavy (non-hydrogen) atoms. The Kier molecular flexibility index (Phi) is 6.35. The van der Waals surface area contributed by atoms with Crippen molar-refractivity contribution in [3.8, 4) is 0 Å². The van der Waals surface area contributed by atoms with E-state index in [9.17, 15) is 9.18 Å². The van der Waals surface area contributed by atoms with Crippen LogP contribution in [0.1, 0.15) is 32.9 Å². The summed E-state index contributed by atoms with van der Waals surface area (Å²) in [5, 5.41) is 4.82. The number of alkyl halides is 1. The number of rotatable bonds is 5. The summed E-state index contributed by atoms with van der Waals surface area (Å²) >= 11 is 4.00. The van der Waals surface area contributed by atoms with Crippen molar-refractivity contribution in [3.63, 3.8) is 0 Å². The second-order valence-electron chi connectivity index (χ2n) is 6.88. The average Bonchev–Trinajstić information content (AvgIpc) is 3.09. The fourth-order valence-electron chi connectivity index (χ4n) is 3.53. The zero-order valence-corrected chi connectivity index (χ0v) is 20.1. The molecule has 0 saturated carbocycles. The van der Waals surface area contributed by atoms with Gasteiger partial charge < -0.3 is 9.64 Å². The van der Waals surface area contributed by atoms with Crippen LogP contribution in [0.5, 0.6) is 0 Å². The fraction of sp³-hybridized carbons (Fsp3) is 0.350. The zero-order valence-electron chi connectivity index (χ0n) is 15.8. The van der Waals surface area contributed by atoms with Gasteiger partial charge in [-0.25, -0.2) is 13.9 Å². The van der Waals surface area contributed by atoms with E-state index in [1.54, 1.807) is 33.2 Å². The van der Waals surface area contributed by atoms with Crippen LogP contribution in [0, 0.1) is 10.5 Å². The molecule has 1 fully saturated rings. The fourth-order valence-corrected chi connectivity index (χ4v) is 4.59. The summed E-state index contributed by atoms with van der Waals surface area (Å²) in [6.07, 6.45) is 0.459. The Balaban J connectivity index is 1.85. The predicted molar refractivity (Wildman–Crippen MR) is 126 cm³/mol. The number of imidazole rings is 1. The number of benzene rings is 1. The first-order chi connectivity index (χ1) is 14.0. The van der Waals surface area contributed by atoms with Gasteiger partial charge in [-0.15, -0.1) is 5.10 Å². The van der Waals surface area contributed by atoms with Gasteiger partial charge >= 0.3 is 0 Å². The van der Waals surface area contributed by atoms with E-state index in [0.717, 1.165) is 39.3 Å². The van der Waals surface area contributed by atoms with Crippen molar-refractivity contribution in [1.29, 1.82) is 0 Å². The summed E-state index contributed by atoms with van der Waals surface area (Å²) in [4.78, 5) is 19.1. The molecule has 152 valence electrons. The Morgan fingerprint density at radius 3 is 2.69 bits per heavy atom. The minimum atomic E-state index is -0.512. The van der Waals surface area contributed by atoms with Crippen LogP contribution in [0.3, 0.4) is 0 Å². The van der Waals surface area contributed by atoms with Gasteiger partial charge in [0.25, 0.3) is 0 Å². The molecule has 9 heteroatoms. The van der Waals surface area contributed by atoms with E-state index in [1.165, 1.54) is 0 Å². The standard InChI is InChI=1S/C20H19FI2N4O2/c1-12-13(3-2-4-14(12)11-21)9-16-18(19(23)28)24-20-15(22)10-17(25-27(16)20)26-5-7-29-8-6-26/h2-4,10H,5-9,11H2,1H3. The number of halogens is 3. The molecule has 0 amide bonds. The van der Waals surface area contributed by atoms with Crippen molar-refractivity contribution >= 4 is 60.4 Å². The van der Waals surface area contributed by atoms with Gasteiger partial charge in [-0.3, -0.25) is 4.79 Å². The average molecular weight is 620 g/mol. The van der Waals surface area contributed by atoms with E-state index in [2.05, 4.69) is 32.5 Å². The topological polar surface area (TPSA) is 59.7 Å². The molecule has 4 rings (SSSR count). The van der Waals surface area contributed by atoms with Gasteiger partial charge in [0.2, 0.25) is 3.79 Å². The van der Waals surface area contributed by atoms with E-state index in [-0.39, 0.29) is 3.79 Å². The van der Waals surface area contributed by atoms with E-state index in [1.807, 2.05) is 25.1 Å². The lowest BCUT2D eigenvalue weighted by Gasteiger charge is -2.27. The maximum absolute atomic E-state index is 13.3. The number of carbonyl (C=O) groups excluding carboxylic acids is 1. The van der Waals surface area contributed by atoms with E-state index < -0.39 is 6.67 Å². The lowest BCUT2D eigenvalue weighted by Crippen LogP contribution is -2.37. The number of hydrogen-bond acceptors (Lipinski definition) is 5. The Morgan fingerprint density at radius 2 is 2.00 bits per heavy atom.